The number of aliphatic carboxylic acids is 1. The van der Waals surface area contributed by atoms with Gasteiger partial charge in [-0.15, -0.1) is 11.3 Å². The number of carbonyl (C=O) groups is 1. The van der Waals surface area contributed by atoms with Crippen LogP contribution in [-0.4, -0.2) is 43.6 Å². The highest BCUT2D eigenvalue weighted by molar-refractivity contribution is 7.12. The maximum atomic E-state index is 10.6. The van der Waals surface area contributed by atoms with Crippen LogP contribution in [0.3, 0.4) is 0 Å². The lowest BCUT2D eigenvalue weighted by molar-refractivity contribution is -0.137. The molecule has 1 aliphatic rings. The summed E-state index contributed by atoms with van der Waals surface area (Å²) in [7, 11) is 0. The molecule has 1 saturated carbocycles. The summed E-state index contributed by atoms with van der Waals surface area (Å²) in [6, 6.07) is 0. The van der Waals surface area contributed by atoms with Gasteiger partial charge in [0, 0.05) is 6.42 Å². The average Bonchev–Trinajstić information content (AvgIpc) is 3.23. The van der Waals surface area contributed by atoms with Crippen LogP contribution in [0.5, 0.6) is 0 Å². The van der Waals surface area contributed by atoms with Crippen LogP contribution in [-0.2, 0) is 4.79 Å². The van der Waals surface area contributed by atoms with Crippen molar-refractivity contribution in [3.05, 3.63) is 28.2 Å². The van der Waals surface area contributed by atoms with E-state index in [1.54, 1.807) is 6.08 Å². The second-order valence-electron chi connectivity index (χ2n) is 8.14. The van der Waals surface area contributed by atoms with Crippen molar-refractivity contribution in [2.24, 2.45) is 11.8 Å². The number of unbranched alkanes of at least 4 members (excludes halogenated alkanes) is 3. The average molecular weight is 438 g/mol. The Morgan fingerprint density at radius 1 is 1.20 bits per heavy atom. The quantitative estimate of drug-likeness (QED) is 0.340. The van der Waals surface area contributed by atoms with Gasteiger partial charge < -0.3 is 20.4 Å². The lowest BCUT2D eigenvalue weighted by atomic mass is 9.85. The van der Waals surface area contributed by atoms with E-state index in [9.17, 15) is 20.1 Å². The molecule has 7 heteroatoms. The van der Waals surface area contributed by atoms with E-state index in [0.29, 0.717) is 30.7 Å². The Morgan fingerprint density at radius 2 is 1.87 bits per heavy atom. The van der Waals surface area contributed by atoms with Crippen molar-refractivity contribution in [2.45, 2.75) is 83.0 Å². The smallest absolute Gasteiger partial charge is 0.303 e. The summed E-state index contributed by atoms with van der Waals surface area (Å²) in [5.74, 6) is -0.783. The molecule has 168 valence electrons. The number of rotatable bonds is 13. The summed E-state index contributed by atoms with van der Waals surface area (Å²) in [6.07, 6.45) is 9.67. The summed E-state index contributed by atoms with van der Waals surface area (Å²) in [4.78, 5) is 16.0. The van der Waals surface area contributed by atoms with E-state index in [2.05, 4.69) is 11.6 Å². The third kappa shape index (κ3) is 7.01. The molecule has 30 heavy (non-hydrogen) atoms. The molecule has 0 bridgehead atoms. The number of allylic oxidation sites excluding steroid dienone is 1. The maximum Gasteiger partial charge on any atom is 0.303 e. The number of aliphatic hydroxyl groups is 3. The Balaban J connectivity index is 1.87. The fourth-order valence-corrected chi connectivity index (χ4v) is 5.32. The minimum Gasteiger partial charge on any atom is -0.481 e. The van der Waals surface area contributed by atoms with Gasteiger partial charge in [-0.25, -0.2) is 4.98 Å². The molecule has 0 spiro atoms. The normalized spacial score (nSPS) is 25.1. The molecule has 2 rings (SSSR count). The molecule has 1 heterocycles. The number of carboxylic acid groups (broad SMARTS) is 1. The van der Waals surface area contributed by atoms with Crippen LogP contribution >= 0.6 is 11.3 Å². The minimum absolute atomic E-state index is 0.0188. The van der Waals surface area contributed by atoms with Gasteiger partial charge in [0.1, 0.15) is 11.1 Å². The molecule has 1 fully saturated rings. The number of aliphatic hydroxyl groups excluding tert-OH is 3. The fourth-order valence-electron chi connectivity index (χ4n) is 4.39. The van der Waals surface area contributed by atoms with E-state index < -0.39 is 24.3 Å². The van der Waals surface area contributed by atoms with E-state index in [1.807, 2.05) is 19.1 Å². The molecule has 5 atom stereocenters. The van der Waals surface area contributed by atoms with Gasteiger partial charge >= 0.3 is 5.97 Å². The van der Waals surface area contributed by atoms with E-state index in [0.717, 1.165) is 36.3 Å². The summed E-state index contributed by atoms with van der Waals surface area (Å²) >= 11 is 1.43. The lowest BCUT2D eigenvalue weighted by Crippen LogP contribution is -2.23. The SMILES string of the molecule is C=Cc1sc(C(O)CC[C@@H]2C(CCCCCCC(=O)O)[C@@H](O)C[C@H]2O)nc1/C=C\C. The first-order chi connectivity index (χ1) is 14.4. The Kier molecular flexibility index (Phi) is 10.2. The Hall–Kier alpha value is -1.54. The molecular weight excluding hydrogens is 402 g/mol. The summed E-state index contributed by atoms with van der Waals surface area (Å²) in [5, 5.41) is 40.8. The molecule has 0 radical (unpaired) electrons. The molecule has 1 aliphatic carbocycles. The molecule has 1 aromatic rings. The van der Waals surface area contributed by atoms with E-state index in [4.69, 9.17) is 5.11 Å². The number of carboxylic acids is 1. The van der Waals surface area contributed by atoms with Gasteiger partial charge in [0.15, 0.2) is 0 Å². The van der Waals surface area contributed by atoms with Crippen LogP contribution in [0.1, 0.15) is 86.4 Å². The molecule has 0 aromatic carbocycles. The molecule has 2 unspecified atom stereocenters. The van der Waals surface area contributed by atoms with Gasteiger partial charge in [-0.2, -0.15) is 0 Å². The largest absolute Gasteiger partial charge is 0.481 e. The van der Waals surface area contributed by atoms with Gasteiger partial charge in [0.25, 0.3) is 0 Å². The van der Waals surface area contributed by atoms with E-state index in [-0.39, 0.29) is 18.3 Å². The molecule has 0 amide bonds. The first-order valence-electron chi connectivity index (χ1n) is 10.9. The zero-order valence-electron chi connectivity index (χ0n) is 17.7. The predicted octanol–water partition coefficient (Wildman–Crippen LogP) is 4.42. The lowest BCUT2D eigenvalue weighted by Gasteiger charge is -2.24. The van der Waals surface area contributed by atoms with Gasteiger partial charge in [-0.1, -0.05) is 31.9 Å². The zero-order valence-corrected chi connectivity index (χ0v) is 18.6. The van der Waals surface area contributed by atoms with Crippen LogP contribution in [0.4, 0.5) is 0 Å². The van der Waals surface area contributed by atoms with E-state index in [1.165, 1.54) is 11.3 Å². The third-order valence-corrected chi connectivity index (χ3v) is 7.13. The summed E-state index contributed by atoms with van der Waals surface area (Å²) < 4.78 is 0. The molecule has 1 aromatic heterocycles. The van der Waals surface area contributed by atoms with Crippen molar-refractivity contribution in [3.63, 3.8) is 0 Å². The topological polar surface area (TPSA) is 111 Å². The monoisotopic (exact) mass is 437 g/mol. The Bertz CT molecular complexity index is 716. The van der Waals surface area contributed by atoms with Crippen LogP contribution in [0, 0.1) is 11.8 Å². The van der Waals surface area contributed by atoms with Crippen molar-refractivity contribution in [3.8, 4) is 0 Å². The first-order valence-corrected chi connectivity index (χ1v) is 11.7. The van der Waals surface area contributed by atoms with Crippen LogP contribution in [0.2, 0.25) is 0 Å². The van der Waals surface area contributed by atoms with Crippen LogP contribution in [0.15, 0.2) is 12.7 Å². The van der Waals surface area contributed by atoms with Crippen molar-refractivity contribution in [1.29, 1.82) is 0 Å². The van der Waals surface area contributed by atoms with Crippen molar-refractivity contribution < 1.29 is 25.2 Å². The zero-order chi connectivity index (χ0) is 22.1. The highest BCUT2D eigenvalue weighted by Gasteiger charge is 2.41. The summed E-state index contributed by atoms with van der Waals surface area (Å²) in [6.45, 7) is 5.72. The second kappa shape index (κ2) is 12.3. The standard InChI is InChI=1S/C23H35NO5S/c1-3-9-17-21(4-2)30-23(24-17)18(25)13-12-16-15(19(26)14-20(16)27)10-7-5-6-8-11-22(28)29/h3-4,9,15-16,18-20,25-27H,2,5-8,10-14H2,1H3,(H,28,29)/b9-3-/t15?,16-,18?,19+,20-/m1/s1. The second-order valence-corrected chi connectivity index (χ2v) is 9.21. The molecular formula is C23H35NO5S. The van der Waals surface area contributed by atoms with Gasteiger partial charge in [-0.3, -0.25) is 4.79 Å². The maximum absolute atomic E-state index is 10.6. The summed E-state index contributed by atoms with van der Waals surface area (Å²) in [5.41, 5.74) is 0.809. The first kappa shape index (κ1) is 24.7. The van der Waals surface area contributed by atoms with E-state index >= 15 is 0 Å². The minimum atomic E-state index is -0.763. The molecule has 0 saturated heterocycles. The Labute approximate surface area is 183 Å². The fraction of sp³-hybridized carbons (Fsp3) is 0.652. The number of hydrogen-bond acceptors (Lipinski definition) is 6. The number of thiazole rings is 1. The highest BCUT2D eigenvalue weighted by atomic mass is 32.1. The molecule has 0 aliphatic heterocycles. The van der Waals surface area contributed by atoms with Gasteiger partial charge in [-0.05, 0) is 63.0 Å². The van der Waals surface area contributed by atoms with Crippen LogP contribution in [0.25, 0.3) is 12.2 Å². The third-order valence-electron chi connectivity index (χ3n) is 5.97. The van der Waals surface area contributed by atoms with Gasteiger partial charge in [0.05, 0.1) is 22.8 Å². The Morgan fingerprint density at radius 3 is 2.50 bits per heavy atom. The van der Waals surface area contributed by atoms with Crippen molar-refractivity contribution in [2.75, 3.05) is 0 Å². The number of nitrogens with zero attached hydrogens (tertiary/aromatic N) is 1. The highest BCUT2D eigenvalue weighted by Crippen LogP contribution is 2.40. The van der Waals surface area contributed by atoms with Crippen molar-refractivity contribution >= 4 is 29.5 Å². The molecule has 6 nitrogen and oxygen atoms in total. The van der Waals surface area contributed by atoms with Crippen LogP contribution < -0.4 is 0 Å². The molecule has 4 N–H and O–H groups in total. The predicted molar refractivity (Wildman–Crippen MR) is 120 cm³/mol. The number of hydrogen-bond donors (Lipinski definition) is 4. The van der Waals surface area contributed by atoms with Crippen molar-refractivity contribution in [1.82, 2.24) is 4.98 Å². The van der Waals surface area contributed by atoms with Gasteiger partial charge in [0.2, 0.25) is 0 Å². The number of aromatic nitrogens is 1.